The van der Waals surface area contributed by atoms with Crippen molar-refractivity contribution in [3.63, 3.8) is 0 Å². The zero-order valence-corrected chi connectivity index (χ0v) is 9.79. The summed E-state index contributed by atoms with van der Waals surface area (Å²) in [6.45, 7) is -0.0462. The van der Waals surface area contributed by atoms with Crippen LogP contribution in [0.5, 0.6) is 0 Å². The number of halogens is 4. The van der Waals surface area contributed by atoms with Crippen LogP contribution < -0.4 is 11.1 Å². The topological polar surface area (TPSA) is 47.3 Å². The molecular weight excluding hydrogens is 245 g/mol. The molecule has 98 valence electrons. The molecular formula is C9H18ClF3N2O. The maximum atomic E-state index is 11.7. The highest BCUT2D eigenvalue weighted by Crippen LogP contribution is 2.27. The molecule has 0 aromatic carbocycles. The summed E-state index contributed by atoms with van der Waals surface area (Å²) in [4.78, 5) is 0. The van der Waals surface area contributed by atoms with Crippen LogP contribution in [0, 0.1) is 0 Å². The number of rotatable bonds is 6. The third-order valence-corrected chi connectivity index (χ3v) is 2.52. The Labute approximate surface area is 99.3 Å². The molecule has 0 atom stereocenters. The van der Waals surface area contributed by atoms with Gasteiger partial charge in [0.15, 0.2) is 0 Å². The molecule has 0 aromatic rings. The summed E-state index contributed by atoms with van der Waals surface area (Å²) in [5.74, 6) is 0. The summed E-state index contributed by atoms with van der Waals surface area (Å²) < 4.78 is 39.4. The number of ether oxygens (including phenoxy) is 1. The van der Waals surface area contributed by atoms with E-state index < -0.39 is 12.8 Å². The molecule has 0 spiro atoms. The van der Waals surface area contributed by atoms with Crippen LogP contribution in [0.4, 0.5) is 13.2 Å². The third-order valence-electron chi connectivity index (χ3n) is 2.52. The van der Waals surface area contributed by atoms with Gasteiger partial charge in [0, 0.05) is 18.6 Å². The van der Waals surface area contributed by atoms with E-state index in [-0.39, 0.29) is 24.6 Å². The maximum Gasteiger partial charge on any atom is 0.411 e. The Morgan fingerprint density at radius 1 is 1.31 bits per heavy atom. The van der Waals surface area contributed by atoms with Gasteiger partial charge in [0.2, 0.25) is 0 Å². The lowest BCUT2D eigenvalue weighted by molar-refractivity contribution is -0.173. The number of nitrogens with one attached hydrogen (secondary N) is 1. The predicted molar refractivity (Wildman–Crippen MR) is 57.8 cm³/mol. The van der Waals surface area contributed by atoms with Crippen molar-refractivity contribution in [3.8, 4) is 0 Å². The molecule has 7 heteroatoms. The normalized spacial score (nSPS) is 18.8. The van der Waals surface area contributed by atoms with Crippen molar-refractivity contribution in [1.82, 2.24) is 5.32 Å². The molecule has 0 radical (unpaired) electrons. The van der Waals surface area contributed by atoms with Gasteiger partial charge in [-0.15, -0.1) is 12.4 Å². The summed E-state index contributed by atoms with van der Waals surface area (Å²) in [5.41, 5.74) is 5.77. The Kier molecular flexibility index (Phi) is 6.62. The average Bonchev–Trinajstić information content (AvgIpc) is 2.06. The number of hydrogen-bond acceptors (Lipinski definition) is 3. The first kappa shape index (κ1) is 16.0. The molecule has 1 saturated carbocycles. The van der Waals surface area contributed by atoms with Gasteiger partial charge in [-0.2, -0.15) is 13.2 Å². The van der Waals surface area contributed by atoms with Crippen molar-refractivity contribution >= 4 is 12.4 Å². The van der Waals surface area contributed by atoms with Gasteiger partial charge in [-0.3, -0.25) is 0 Å². The van der Waals surface area contributed by atoms with Crippen LogP contribution in [0.1, 0.15) is 19.3 Å². The first-order valence-electron chi connectivity index (χ1n) is 5.05. The van der Waals surface area contributed by atoms with Gasteiger partial charge in [0.1, 0.15) is 6.61 Å². The van der Waals surface area contributed by atoms with Gasteiger partial charge in [-0.05, 0) is 19.3 Å². The third kappa shape index (κ3) is 6.52. The van der Waals surface area contributed by atoms with Crippen LogP contribution in [-0.2, 0) is 4.74 Å². The summed E-state index contributed by atoms with van der Waals surface area (Å²) in [6, 6.07) is 0. The quantitative estimate of drug-likeness (QED) is 0.713. The molecule has 0 unspecified atom stereocenters. The molecule has 1 aliphatic carbocycles. The van der Waals surface area contributed by atoms with Crippen molar-refractivity contribution in [2.24, 2.45) is 5.73 Å². The second kappa shape index (κ2) is 6.64. The first-order valence-corrected chi connectivity index (χ1v) is 5.05. The van der Waals surface area contributed by atoms with Gasteiger partial charge in [-0.1, -0.05) is 0 Å². The molecule has 3 N–H and O–H groups in total. The van der Waals surface area contributed by atoms with E-state index >= 15 is 0 Å². The lowest BCUT2D eigenvalue weighted by Crippen LogP contribution is -2.54. The number of alkyl halides is 3. The minimum Gasteiger partial charge on any atom is -0.371 e. The highest BCUT2D eigenvalue weighted by atomic mass is 35.5. The van der Waals surface area contributed by atoms with Crippen molar-refractivity contribution in [2.75, 3.05) is 26.3 Å². The fourth-order valence-corrected chi connectivity index (χ4v) is 1.48. The zero-order valence-electron chi connectivity index (χ0n) is 8.98. The molecule has 1 rings (SSSR count). The molecule has 0 saturated heterocycles. The maximum absolute atomic E-state index is 11.7. The summed E-state index contributed by atoms with van der Waals surface area (Å²) in [7, 11) is 0. The Morgan fingerprint density at radius 3 is 2.38 bits per heavy atom. The van der Waals surface area contributed by atoms with Crippen molar-refractivity contribution in [1.29, 1.82) is 0 Å². The van der Waals surface area contributed by atoms with Crippen molar-refractivity contribution in [2.45, 2.75) is 31.0 Å². The van der Waals surface area contributed by atoms with Crippen LogP contribution in [0.3, 0.4) is 0 Å². The van der Waals surface area contributed by atoms with Gasteiger partial charge < -0.3 is 15.8 Å². The highest BCUT2D eigenvalue weighted by molar-refractivity contribution is 5.85. The molecule has 1 fully saturated rings. The van der Waals surface area contributed by atoms with Crippen LogP contribution in [-0.4, -0.2) is 38.0 Å². The van der Waals surface area contributed by atoms with Crippen LogP contribution >= 0.6 is 12.4 Å². The van der Waals surface area contributed by atoms with E-state index in [0.717, 1.165) is 19.3 Å². The van der Waals surface area contributed by atoms with Gasteiger partial charge in [0.25, 0.3) is 0 Å². The van der Waals surface area contributed by atoms with Crippen molar-refractivity contribution < 1.29 is 17.9 Å². The van der Waals surface area contributed by atoms with E-state index in [1.54, 1.807) is 0 Å². The minimum absolute atomic E-state index is 0. The Morgan fingerprint density at radius 2 is 1.94 bits per heavy atom. The molecule has 0 amide bonds. The van der Waals surface area contributed by atoms with Gasteiger partial charge >= 0.3 is 6.18 Å². The molecule has 0 aliphatic heterocycles. The molecule has 0 heterocycles. The first-order chi connectivity index (χ1) is 6.91. The summed E-state index contributed by atoms with van der Waals surface area (Å²) in [5, 5.41) is 3.00. The van der Waals surface area contributed by atoms with Gasteiger partial charge in [0.05, 0.1) is 6.61 Å². The molecule has 1 aliphatic rings. The predicted octanol–water partition coefficient (Wildman–Crippen LogP) is 1.46. The van der Waals surface area contributed by atoms with E-state index in [2.05, 4.69) is 10.1 Å². The van der Waals surface area contributed by atoms with E-state index in [1.807, 2.05) is 0 Å². The van der Waals surface area contributed by atoms with E-state index in [0.29, 0.717) is 13.1 Å². The Bertz CT molecular complexity index is 198. The fourth-order valence-electron chi connectivity index (χ4n) is 1.48. The molecule has 16 heavy (non-hydrogen) atoms. The van der Waals surface area contributed by atoms with E-state index in [4.69, 9.17) is 5.73 Å². The second-order valence-corrected chi connectivity index (χ2v) is 4.06. The SMILES string of the molecule is Cl.NC1(CNCCOCC(F)(F)F)CCC1. The molecule has 0 aromatic heterocycles. The van der Waals surface area contributed by atoms with Crippen LogP contribution in [0.25, 0.3) is 0 Å². The average molecular weight is 263 g/mol. The fraction of sp³-hybridized carbons (Fsp3) is 1.00. The lowest BCUT2D eigenvalue weighted by atomic mass is 9.78. The number of nitrogens with two attached hydrogens (primary N) is 1. The second-order valence-electron chi connectivity index (χ2n) is 4.06. The standard InChI is InChI=1S/C9H17F3N2O.ClH/c10-9(11,12)7-15-5-4-14-6-8(13)2-1-3-8;/h14H,1-7,13H2;1H. The Balaban J connectivity index is 0.00000225. The van der Waals surface area contributed by atoms with E-state index in [9.17, 15) is 13.2 Å². The minimum atomic E-state index is -4.23. The summed E-state index contributed by atoms with van der Waals surface area (Å²) >= 11 is 0. The highest BCUT2D eigenvalue weighted by Gasteiger charge is 2.31. The smallest absolute Gasteiger partial charge is 0.371 e. The lowest BCUT2D eigenvalue weighted by Gasteiger charge is -2.38. The monoisotopic (exact) mass is 262 g/mol. The van der Waals surface area contributed by atoms with Gasteiger partial charge in [-0.25, -0.2) is 0 Å². The van der Waals surface area contributed by atoms with Crippen LogP contribution in [0.15, 0.2) is 0 Å². The largest absolute Gasteiger partial charge is 0.411 e. The number of hydrogen-bond donors (Lipinski definition) is 2. The zero-order chi connectivity index (χ0) is 11.4. The Hall–Kier alpha value is -0.0400. The molecule has 0 bridgehead atoms. The molecule has 3 nitrogen and oxygen atoms in total. The van der Waals surface area contributed by atoms with Crippen molar-refractivity contribution in [3.05, 3.63) is 0 Å². The van der Waals surface area contributed by atoms with E-state index in [1.165, 1.54) is 0 Å². The van der Waals surface area contributed by atoms with Crippen LogP contribution in [0.2, 0.25) is 0 Å². The summed E-state index contributed by atoms with van der Waals surface area (Å²) in [6.07, 6.45) is -1.11.